The number of nitrogens with two attached hydrogens (primary N) is 1. The van der Waals surface area contributed by atoms with Gasteiger partial charge in [-0.15, -0.1) is 0 Å². The molecule has 1 fully saturated rings. The molecule has 0 bridgehead atoms. The standard InChI is InChI=1S/C11H23NO/c1-8(2)9(3)11(12)6-7-13-10(11,4)5/h8-9H,6-7,12H2,1-5H3. The lowest BCUT2D eigenvalue weighted by Gasteiger charge is -2.43. The van der Waals surface area contributed by atoms with Gasteiger partial charge in [-0.1, -0.05) is 20.8 Å². The molecule has 0 aromatic heterocycles. The fourth-order valence-corrected chi connectivity index (χ4v) is 2.28. The lowest BCUT2D eigenvalue weighted by atomic mass is 9.69. The van der Waals surface area contributed by atoms with Gasteiger partial charge in [0.15, 0.2) is 0 Å². The third kappa shape index (κ3) is 1.62. The van der Waals surface area contributed by atoms with Crippen molar-refractivity contribution in [2.75, 3.05) is 6.61 Å². The Morgan fingerprint density at radius 2 is 1.77 bits per heavy atom. The van der Waals surface area contributed by atoms with Crippen LogP contribution in [0.2, 0.25) is 0 Å². The minimum absolute atomic E-state index is 0.152. The van der Waals surface area contributed by atoms with Crippen LogP contribution in [0.1, 0.15) is 41.0 Å². The first kappa shape index (κ1) is 11.0. The van der Waals surface area contributed by atoms with Crippen molar-refractivity contribution in [2.24, 2.45) is 17.6 Å². The molecule has 2 heteroatoms. The second-order valence-corrected chi connectivity index (χ2v) is 5.18. The summed E-state index contributed by atoms with van der Waals surface area (Å²) in [7, 11) is 0. The van der Waals surface area contributed by atoms with Gasteiger partial charge in [-0.05, 0) is 32.1 Å². The molecule has 78 valence electrons. The van der Waals surface area contributed by atoms with Gasteiger partial charge in [0.25, 0.3) is 0 Å². The smallest absolute Gasteiger partial charge is 0.0808 e. The van der Waals surface area contributed by atoms with E-state index in [1.165, 1.54) is 0 Å². The van der Waals surface area contributed by atoms with Crippen molar-refractivity contribution in [3.05, 3.63) is 0 Å². The van der Waals surface area contributed by atoms with Gasteiger partial charge < -0.3 is 10.5 Å². The predicted octanol–water partition coefficient (Wildman–Crippen LogP) is 2.17. The largest absolute Gasteiger partial charge is 0.374 e. The SMILES string of the molecule is CC(C)C(C)C1(N)CCOC1(C)C. The van der Waals surface area contributed by atoms with E-state index in [1.807, 2.05) is 0 Å². The zero-order valence-corrected chi connectivity index (χ0v) is 9.55. The van der Waals surface area contributed by atoms with Crippen LogP contribution in [0.25, 0.3) is 0 Å². The Hall–Kier alpha value is -0.0800. The van der Waals surface area contributed by atoms with Crippen molar-refractivity contribution in [3.63, 3.8) is 0 Å². The fraction of sp³-hybridized carbons (Fsp3) is 1.00. The van der Waals surface area contributed by atoms with Crippen LogP contribution in [-0.2, 0) is 4.74 Å². The van der Waals surface area contributed by atoms with Crippen molar-refractivity contribution in [3.8, 4) is 0 Å². The van der Waals surface area contributed by atoms with Gasteiger partial charge in [0.2, 0.25) is 0 Å². The van der Waals surface area contributed by atoms with Gasteiger partial charge in [-0.25, -0.2) is 0 Å². The zero-order chi connectivity index (χ0) is 10.3. The zero-order valence-electron chi connectivity index (χ0n) is 9.55. The quantitative estimate of drug-likeness (QED) is 0.715. The minimum atomic E-state index is -0.170. The van der Waals surface area contributed by atoms with Crippen LogP contribution >= 0.6 is 0 Å². The van der Waals surface area contributed by atoms with E-state index in [-0.39, 0.29) is 11.1 Å². The van der Waals surface area contributed by atoms with Gasteiger partial charge in [0.05, 0.1) is 5.60 Å². The number of hydrogen-bond donors (Lipinski definition) is 1. The van der Waals surface area contributed by atoms with Crippen molar-refractivity contribution in [1.29, 1.82) is 0 Å². The lowest BCUT2D eigenvalue weighted by molar-refractivity contribution is -0.0220. The van der Waals surface area contributed by atoms with Crippen molar-refractivity contribution < 1.29 is 4.74 Å². The summed E-state index contributed by atoms with van der Waals surface area (Å²) < 4.78 is 5.70. The molecular weight excluding hydrogens is 162 g/mol. The Morgan fingerprint density at radius 3 is 2.08 bits per heavy atom. The molecule has 2 atom stereocenters. The monoisotopic (exact) mass is 185 g/mol. The number of hydrogen-bond acceptors (Lipinski definition) is 2. The summed E-state index contributed by atoms with van der Waals surface area (Å²) >= 11 is 0. The molecule has 0 aromatic rings. The van der Waals surface area contributed by atoms with Crippen molar-refractivity contribution in [1.82, 2.24) is 0 Å². The molecule has 0 aliphatic carbocycles. The van der Waals surface area contributed by atoms with E-state index in [1.54, 1.807) is 0 Å². The maximum Gasteiger partial charge on any atom is 0.0808 e. The summed E-state index contributed by atoms with van der Waals surface area (Å²) in [5.74, 6) is 1.12. The maximum atomic E-state index is 6.46. The molecule has 1 rings (SSSR count). The highest BCUT2D eigenvalue weighted by Crippen LogP contribution is 2.41. The van der Waals surface area contributed by atoms with E-state index < -0.39 is 0 Å². The van der Waals surface area contributed by atoms with Crippen LogP contribution in [-0.4, -0.2) is 17.7 Å². The summed E-state index contributed by atoms with van der Waals surface area (Å²) in [6.07, 6.45) is 0.985. The van der Waals surface area contributed by atoms with E-state index in [4.69, 9.17) is 10.5 Å². The van der Waals surface area contributed by atoms with Crippen molar-refractivity contribution >= 4 is 0 Å². The van der Waals surface area contributed by atoms with Crippen LogP contribution < -0.4 is 5.73 Å². The van der Waals surface area contributed by atoms with Crippen LogP contribution in [0.4, 0.5) is 0 Å². The normalized spacial score (nSPS) is 35.3. The summed E-state index contributed by atoms with van der Waals surface area (Å²) in [4.78, 5) is 0. The highest BCUT2D eigenvalue weighted by atomic mass is 16.5. The predicted molar refractivity (Wildman–Crippen MR) is 55.6 cm³/mol. The average molecular weight is 185 g/mol. The Morgan fingerprint density at radius 1 is 1.23 bits per heavy atom. The Balaban J connectivity index is 2.86. The molecule has 1 aliphatic heterocycles. The molecule has 2 nitrogen and oxygen atoms in total. The maximum absolute atomic E-state index is 6.46. The second-order valence-electron chi connectivity index (χ2n) is 5.18. The highest BCUT2D eigenvalue weighted by molar-refractivity contribution is 5.06. The molecule has 0 spiro atoms. The summed E-state index contributed by atoms with van der Waals surface area (Å²) in [6.45, 7) is 11.7. The lowest BCUT2D eigenvalue weighted by Crippen LogP contribution is -2.59. The third-order valence-corrected chi connectivity index (χ3v) is 3.91. The molecule has 2 unspecified atom stereocenters. The molecule has 0 radical (unpaired) electrons. The van der Waals surface area contributed by atoms with E-state index in [9.17, 15) is 0 Å². The van der Waals surface area contributed by atoms with Gasteiger partial charge in [-0.2, -0.15) is 0 Å². The minimum Gasteiger partial charge on any atom is -0.374 e. The first-order valence-electron chi connectivity index (χ1n) is 5.24. The van der Waals surface area contributed by atoms with E-state index in [0.29, 0.717) is 11.8 Å². The Labute approximate surface area is 81.8 Å². The molecule has 0 amide bonds. The molecule has 1 saturated heterocycles. The van der Waals surface area contributed by atoms with Crippen LogP contribution in [0.15, 0.2) is 0 Å². The van der Waals surface area contributed by atoms with Crippen LogP contribution in [0.5, 0.6) is 0 Å². The first-order valence-corrected chi connectivity index (χ1v) is 5.24. The number of rotatable bonds is 2. The Kier molecular flexibility index (Phi) is 2.75. The van der Waals surface area contributed by atoms with Gasteiger partial charge >= 0.3 is 0 Å². The van der Waals surface area contributed by atoms with E-state index in [2.05, 4.69) is 34.6 Å². The summed E-state index contributed by atoms with van der Waals surface area (Å²) in [6, 6.07) is 0. The van der Waals surface area contributed by atoms with Gasteiger partial charge in [0, 0.05) is 12.1 Å². The highest BCUT2D eigenvalue weighted by Gasteiger charge is 2.51. The number of ether oxygens (including phenoxy) is 1. The second kappa shape index (κ2) is 3.25. The van der Waals surface area contributed by atoms with Gasteiger partial charge in [0.1, 0.15) is 0 Å². The molecule has 13 heavy (non-hydrogen) atoms. The van der Waals surface area contributed by atoms with Crippen molar-refractivity contribution in [2.45, 2.75) is 52.2 Å². The topological polar surface area (TPSA) is 35.2 Å². The Bertz CT molecular complexity index is 189. The molecule has 2 N–H and O–H groups in total. The van der Waals surface area contributed by atoms with Crippen LogP contribution in [0.3, 0.4) is 0 Å². The average Bonchev–Trinajstić information content (AvgIpc) is 2.26. The van der Waals surface area contributed by atoms with E-state index >= 15 is 0 Å². The third-order valence-electron chi connectivity index (χ3n) is 3.91. The molecule has 1 aliphatic rings. The molecule has 0 saturated carbocycles. The summed E-state index contributed by atoms with van der Waals surface area (Å²) in [5.41, 5.74) is 6.13. The molecular formula is C11H23NO. The van der Waals surface area contributed by atoms with E-state index in [0.717, 1.165) is 13.0 Å². The first-order chi connectivity index (χ1) is 5.81. The summed E-state index contributed by atoms with van der Waals surface area (Å²) in [5, 5.41) is 0. The van der Waals surface area contributed by atoms with Gasteiger partial charge in [-0.3, -0.25) is 0 Å². The molecule has 0 aromatic carbocycles. The fourth-order valence-electron chi connectivity index (χ4n) is 2.28. The molecule has 1 heterocycles. The van der Waals surface area contributed by atoms with Crippen LogP contribution in [0, 0.1) is 11.8 Å².